The largest absolute Gasteiger partial charge is 0.512 e. The highest BCUT2D eigenvalue weighted by atomic mass is 16.3. The summed E-state index contributed by atoms with van der Waals surface area (Å²) < 4.78 is 0. The molecule has 2 rings (SSSR count). The number of benzene rings is 1. The van der Waals surface area contributed by atoms with Crippen LogP contribution in [0.15, 0.2) is 41.7 Å². The standard InChI is InChI=1S/C15H14O4/c1-8(2)12(16)7-11-13(17)9-5-3-4-6-10(9)14(18)15(11)19/h3-8,16-17H,1-2H3/b12-7-. The number of carbonyl (C=O) groups excluding carboxylic acids is 2. The van der Waals surface area contributed by atoms with E-state index in [0.29, 0.717) is 5.56 Å². The number of aliphatic hydroxyl groups excluding tert-OH is 2. The molecule has 19 heavy (non-hydrogen) atoms. The second kappa shape index (κ2) is 4.72. The van der Waals surface area contributed by atoms with Gasteiger partial charge in [0.05, 0.1) is 11.3 Å². The minimum Gasteiger partial charge on any atom is -0.512 e. The molecule has 0 aromatic heterocycles. The average molecular weight is 258 g/mol. The van der Waals surface area contributed by atoms with Crippen LogP contribution in [0, 0.1) is 5.92 Å². The molecule has 1 aromatic carbocycles. The van der Waals surface area contributed by atoms with E-state index in [2.05, 4.69) is 0 Å². The van der Waals surface area contributed by atoms with E-state index in [1.165, 1.54) is 6.07 Å². The Bertz CT molecular complexity index is 621. The van der Waals surface area contributed by atoms with Crippen molar-refractivity contribution < 1.29 is 19.8 Å². The van der Waals surface area contributed by atoms with E-state index in [-0.39, 0.29) is 28.6 Å². The van der Waals surface area contributed by atoms with Crippen LogP contribution in [0.3, 0.4) is 0 Å². The van der Waals surface area contributed by atoms with E-state index < -0.39 is 11.6 Å². The molecule has 0 radical (unpaired) electrons. The van der Waals surface area contributed by atoms with Gasteiger partial charge in [0.1, 0.15) is 5.76 Å². The fourth-order valence-corrected chi connectivity index (χ4v) is 1.83. The molecule has 1 aliphatic carbocycles. The first-order chi connectivity index (χ1) is 8.93. The predicted molar refractivity (Wildman–Crippen MR) is 70.9 cm³/mol. The highest BCUT2D eigenvalue weighted by Crippen LogP contribution is 2.29. The van der Waals surface area contributed by atoms with Crippen LogP contribution in [-0.2, 0) is 4.79 Å². The Balaban J connectivity index is 2.64. The van der Waals surface area contributed by atoms with Crippen LogP contribution in [0.5, 0.6) is 0 Å². The monoisotopic (exact) mass is 258 g/mol. The maximum absolute atomic E-state index is 11.9. The van der Waals surface area contributed by atoms with Crippen LogP contribution in [0.4, 0.5) is 0 Å². The Morgan fingerprint density at radius 3 is 2.26 bits per heavy atom. The van der Waals surface area contributed by atoms with Gasteiger partial charge >= 0.3 is 0 Å². The van der Waals surface area contributed by atoms with Gasteiger partial charge in [0.2, 0.25) is 11.6 Å². The van der Waals surface area contributed by atoms with E-state index in [1.807, 2.05) is 0 Å². The molecule has 0 aliphatic heterocycles. The zero-order valence-corrected chi connectivity index (χ0v) is 10.7. The van der Waals surface area contributed by atoms with Gasteiger partial charge in [-0.15, -0.1) is 0 Å². The lowest BCUT2D eigenvalue weighted by Gasteiger charge is -2.16. The maximum atomic E-state index is 11.9. The van der Waals surface area contributed by atoms with Crippen molar-refractivity contribution in [2.24, 2.45) is 5.92 Å². The van der Waals surface area contributed by atoms with E-state index in [1.54, 1.807) is 32.0 Å². The first-order valence-corrected chi connectivity index (χ1v) is 5.95. The first kappa shape index (κ1) is 13.1. The minimum atomic E-state index is -0.802. The van der Waals surface area contributed by atoms with Crippen LogP contribution in [0.25, 0.3) is 5.76 Å². The van der Waals surface area contributed by atoms with E-state index >= 15 is 0 Å². The molecule has 4 heteroatoms. The maximum Gasteiger partial charge on any atom is 0.237 e. The normalized spacial score (nSPS) is 16.1. The fraction of sp³-hybridized carbons (Fsp3) is 0.200. The summed E-state index contributed by atoms with van der Waals surface area (Å²) in [5.41, 5.74) is 0.344. The molecule has 0 saturated carbocycles. The Morgan fingerprint density at radius 2 is 1.68 bits per heavy atom. The zero-order valence-electron chi connectivity index (χ0n) is 10.7. The van der Waals surface area contributed by atoms with E-state index in [0.717, 1.165) is 6.08 Å². The van der Waals surface area contributed by atoms with Crippen molar-refractivity contribution in [3.05, 3.63) is 52.8 Å². The van der Waals surface area contributed by atoms with Crippen molar-refractivity contribution in [1.82, 2.24) is 0 Å². The number of hydrogen-bond donors (Lipinski definition) is 2. The lowest BCUT2D eigenvalue weighted by atomic mass is 9.88. The summed E-state index contributed by atoms with van der Waals surface area (Å²) in [6.45, 7) is 3.49. The molecule has 0 amide bonds. The topological polar surface area (TPSA) is 74.6 Å². The van der Waals surface area contributed by atoms with Gasteiger partial charge < -0.3 is 10.2 Å². The molecular weight excluding hydrogens is 244 g/mol. The molecule has 0 fully saturated rings. The van der Waals surface area contributed by atoms with Crippen molar-refractivity contribution in [1.29, 1.82) is 0 Å². The smallest absolute Gasteiger partial charge is 0.237 e. The quantitative estimate of drug-likeness (QED) is 0.631. The van der Waals surface area contributed by atoms with Gasteiger partial charge in [-0.25, -0.2) is 0 Å². The summed E-state index contributed by atoms with van der Waals surface area (Å²) in [5.74, 6) is -1.99. The number of ketones is 2. The molecule has 1 aliphatic rings. The second-order valence-electron chi connectivity index (χ2n) is 4.69. The number of aliphatic hydroxyl groups is 2. The molecule has 0 unspecified atom stereocenters. The zero-order chi connectivity index (χ0) is 14.2. The third kappa shape index (κ3) is 2.17. The van der Waals surface area contributed by atoms with Crippen molar-refractivity contribution >= 4 is 17.3 Å². The molecule has 0 spiro atoms. The van der Waals surface area contributed by atoms with Gasteiger partial charge in [-0.05, 0) is 6.08 Å². The van der Waals surface area contributed by atoms with Crippen LogP contribution < -0.4 is 0 Å². The molecule has 1 aromatic rings. The summed E-state index contributed by atoms with van der Waals surface area (Å²) >= 11 is 0. The third-order valence-corrected chi connectivity index (χ3v) is 3.02. The van der Waals surface area contributed by atoms with Gasteiger partial charge in [-0.1, -0.05) is 38.1 Å². The average Bonchev–Trinajstić information content (AvgIpc) is 2.40. The van der Waals surface area contributed by atoms with Crippen LogP contribution in [0.2, 0.25) is 0 Å². The lowest BCUT2D eigenvalue weighted by molar-refractivity contribution is -0.111. The number of rotatable bonds is 2. The van der Waals surface area contributed by atoms with Crippen LogP contribution in [-0.4, -0.2) is 21.8 Å². The molecule has 98 valence electrons. The fourth-order valence-electron chi connectivity index (χ4n) is 1.83. The molecule has 0 atom stereocenters. The predicted octanol–water partition coefficient (Wildman–Crippen LogP) is 2.82. The van der Waals surface area contributed by atoms with Crippen molar-refractivity contribution in [3.8, 4) is 0 Å². The Morgan fingerprint density at radius 1 is 1.11 bits per heavy atom. The van der Waals surface area contributed by atoms with Crippen LogP contribution in [0.1, 0.15) is 29.8 Å². The number of Topliss-reactive ketones (excluding diaryl/α,β-unsaturated/α-hetero) is 2. The molecule has 0 heterocycles. The molecule has 0 bridgehead atoms. The Hall–Kier alpha value is -2.36. The number of hydrogen-bond acceptors (Lipinski definition) is 4. The molecular formula is C15H14O4. The Labute approximate surface area is 110 Å². The summed E-state index contributed by atoms with van der Waals surface area (Å²) in [7, 11) is 0. The number of allylic oxidation sites excluding steroid dienone is 3. The van der Waals surface area contributed by atoms with E-state index in [9.17, 15) is 19.8 Å². The summed E-state index contributed by atoms with van der Waals surface area (Å²) in [5, 5.41) is 19.8. The van der Waals surface area contributed by atoms with Gasteiger partial charge in [-0.3, -0.25) is 9.59 Å². The van der Waals surface area contributed by atoms with Gasteiger partial charge in [0.25, 0.3) is 0 Å². The Kier molecular flexibility index (Phi) is 3.25. The highest BCUT2D eigenvalue weighted by molar-refractivity contribution is 6.52. The summed E-state index contributed by atoms with van der Waals surface area (Å²) in [6.07, 6.45) is 1.16. The van der Waals surface area contributed by atoms with E-state index in [4.69, 9.17) is 0 Å². The van der Waals surface area contributed by atoms with Gasteiger partial charge in [0.15, 0.2) is 0 Å². The number of fused-ring (bicyclic) bond motifs is 1. The SMILES string of the molecule is CC(C)/C(O)=C/C1=C(O)c2ccccc2C(=O)C1=O. The van der Waals surface area contributed by atoms with Crippen molar-refractivity contribution in [3.63, 3.8) is 0 Å². The summed E-state index contributed by atoms with van der Waals surface area (Å²) in [4.78, 5) is 23.9. The minimum absolute atomic E-state index is 0.0536. The molecule has 0 saturated heterocycles. The highest BCUT2D eigenvalue weighted by Gasteiger charge is 2.31. The second-order valence-corrected chi connectivity index (χ2v) is 4.69. The van der Waals surface area contributed by atoms with Crippen LogP contribution >= 0.6 is 0 Å². The van der Waals surface area contributed by atoms with Gasteiger partial charge in [0, 0.05) is 17.0 Å². The van der Waals surface area contributed by atoms with Crippen molar-refractivity contribution in [2.45, 2.75) is 13.8 Å². The lowest BCUT2D eigenvalue weighted by Crippen LogP contribution is -2.23. The first-order valence-electron chi connectivity index (χ1n) is 5.95. The molecule has 4 nitrogen and oxygen atoms in total. The molecule has 2 N–H and O–H groups in total. The third-order valence-electron chi connectivity index (χ3n) is 3.02. The number of carbonyl (C=O) groups is 2. The van der Waals surface area contributed by atoms with Gasteiger partial charge in [-0.2, -0.15) is 0 Å². The van der Waals surface area contributed by atoms with Crippen molar-refractivity contribution in [2.75, 3.05) is 0 Å². The summed E-state index contributed by atoms with van der Waals surface area (Å²) in [6, 6.07) is 6.36.